The molecule has 174 valence electrons. The Hall–Kier alpha value is -3.35. The Morgan fingerprint density at radius 3 is 2.32 bits per heavy atom. The van der Waals surface area contributed by atoms with Crippen molar-refractivity contribution < 1.29 is 0 Å². The maximum absolute atomic E-state index is 13.9. The van der Waals surface area contributed by atoms with E-state index in [1.54, 1.807) is 10.6 Å². The molecule has 5 rings (SSSR count). The molecule has 1 aromatic heterocycles. The van der Waals surface area contributed by atoms with Crippen LogP contribution in [0.15, 0.2) is 76.3 Å². The molecule has 1 N–H and O–H groups in total. The van der Waals surface area contributed by atoms with Gasteiger partial charge in [-0.2, -0.15) is 0 Å². The molecule has 0 spiro atoms. The number of aromatic nitrogens is 2. The first-order valence-electron chi connectivity index (χ1n) is 11.5. The maximum atomic E-state index is 13.9. The lowest BCUT2D eigenvalue weighted by Gasteiger charge is -2.31. The lowest BCUT2D eigenvalue weighted by molar-refractivity contribution is 0.589. The second-order valence-corrected chi connectivity index (χ2v) is 9.16. The van der Waals surface area contributed by atoms with Gasteiger partial charge in [0.05, 0.1) is 29.7 Å². The number of aryl methyl sites for hydroxylation is 1. The minimum atomic E-state index is -0.335. The number of benzene rings is 3. The van der Waals surface area contributed by atoms with Crippen molar-refractivity contribution in [1.29, 1.82) is 0 Å². The first-order chi connectivity index (χ1) is 16.5. The summed E-state index contributed by atoms with van der Waals surface area (Å²) in [6, 6.07) is 21.3. The molecule has 1 saturated heterocycles. The summed E-state index contributed by atoms with van der Waals surface area (Å²) >= 11 is 6.55. The fourth-order valence-corrected chi connectivity index (χ4v) is 4.86. The van der Waals surface area contributed by atoms with Gasteiger partial charge < -0.3 is 10.2 Å². The Labute approximate surface area is 203 Å². The summed E-state index contributed by atoms with van der Waals surface area (Å²) in [5.41, 5.74) is 3.72. The number of fused-ring (bicyclic) bond motifs is 1. The van der Waals surface area contributed by atoms with Crippen LogP contribution in [0.3, 0.4) is 0 Å². The average Bonchev–Trinajstić information content (AvgIpc) is 2.86. The van der Waals surface area contributed by atoms with Crippen LogP contribution < -0.4 is 21.5 Å². The molecule has 0 bridgehead atoms. The molecule has 3 aromatic carbocycles. The molecule has 34 heavy (non-hydrogen) atoms. The topological polar surface area (TPSA) is 59.3 Å². The molecule has 0 unspecified atom stereocenters. The second-order valence-electron chi connectivity index (χ2n) is 8.73. The van der Waals surface area contributed by atoms with E-state index in [1.807, 2.05) is 67.6 Å². The van der Waals surface area contributed by atoms with Crippen molar-refractivity contribution in [1.82, 2.24) is 14.5 Å². The van der Waals surface area contributed by atoms with Crippen molar-refractivity contribution in [3.8, 4) is 0 Å². The van der Waals surface area contributed by atoms with E-state index in [2.05, 4.69) is 10.2 Å². The largest absolute Gasteiger partial charge is 0.368 e. The van der Waals surface area contributed by atoms with Crippen LogP contribution in [0.4, 0.5) is 5.69 Å². The summed E-state index contributed by atoms with van der Waals surface area (Å²) in [6.07, 6.45) is 0. The van der Waals surface area contributed by atoms with Crippen LogP contribution in [-0.4, -0.2) is 35.3 Å². The van der Waals surface area contributed by atoms with E-state index in [9.17, 15) is 9.59 Å². The Kier molecular flexibility index (Phi) is 6.26. The van der Waals surface area contributed by atoms with Crippen molar-refractivity contribution in [3.63, 3.8) is 0 Å². The minimum absolute atomic E-state index is 0.221. The Morgan fingerprint density at radius 2 is 1.59 bits per heavy atom. The quantitative estimate of drug-likeness (QED) is 0.480. The van der Waals surface area contributed by atoms with E-state index in [4.69, 9.17) is 11.6 Å². The molecule has 0 saturated carbocycles. The van der Waals surface area contributed by atoms with Crippen molar-refractivity contribution >= 4 is 28.2 Å². The zero-order chi connectivity index (χ0) is 23.7. The molecule has 0 atom stereocenters. The molecule has 1 aliphatic heterocycles. The average molecular weight is 475 g/mol. The normalized spacial score (nSPS) is 14.0. The van der Waals surface area contributed by atoms with E-state index in [0.717, 1.165) is 48.6 Å². The van der Waals surface area contributed by atoms with E-state index in [1.165, 1.54) is 4.57 Å². The number of piperazine rings is 1. The molecule has 7 heteroatoms. The predicted molar refractivity (Wildman–Crippen MR) is 138 cm³/mol. The van der Waals surface area contributed by atoms with E-state index < -0.39 is 0 Å². The van der Waals surface area contributed by atoms with Crippen molar-refractivity contribution in [2.75, 3.05) is 31.1 Å². The Bertz CT molecular complexity index is 1450. The summed E-state index contributed by atoms with van der Waals surface area (Å²) in [6.45, 7) is 5.76. The highest BCUT2D eigenvalue weighted by molar-refractivity contribution is 6.31. The summed E-state index contributed by atoms with van der Waals surface area (Å²) in [5.74, 6) is 0. The standard InChI is InChI=1S/C27H27ClN4O2/c1-19-7-5-6-10-21(19)18-32-26(33)25-23(30-13-11-29-12-14-30)15-22(28)16-24(25)31(27(32)34)17-20-8-3-2-4-9-20/h2-10,15-16,29H,11-14,17-18H2,1H3. The molecular weight excluding hydrogens is 448 g/mol. The van der Waals surface area contributed by atoms with Crippen LogP contribution in [-0.2, 0) is 13.1 Å². The number of nitrogens with one attached hydrogen (secondary N) is 1. The van der Waals surface area contributed by atoms with Crippen molar-refractivity contribution in [2.24, 2.45) is 0 Å². The molecular formula is C27H27ClN4O2. The number of rotatable bonds is 5. The molecule has 1 aliphatic rings. The van der Waals surface area contributed by atoms with Gasteiger partial charge in [-0.3, -0.25) is 13.9 Å². The van der Waals surface area contributed by atoms with E-state index in [-0.39, 0.29) is 17.8 Å². The van der Waals surface area contributed by atoms with Gasteiger partial charge in [0.15, 0.2) is 0 Å². The zero-order valence-corrected chi connectivity index (χ0v) is 19.9. The number of hydrogen-bond donors (Lipinski definition) is 1. The lowest BCUT2D eigenvalue weighted by atomic mass is 10.1. The van der Waals surface area contributed by atoms with Crippen LogP contribution in [0.25, 0.3) is 10.9 Å². The van der Waals surface area contributed by atoms with Gasteiger partial charge >= 0.3 is 5.69 Å². The SMILES string of the molecule is Cc1ccccc1Cn1c(=O)c2c(N3CCNCC3)cc(Cl)cc2n(Cc2ccccc2)c1=O. The van der Waals surface area contributed by atoms with Crippen molar-refractivity contribution in [2.45, 2.75) is 20.0 Å². The second kappa shape index (κ2) is 9.49. The van der Waals surface area contributed by atoms with Crippen LogP contribution >= 0.6 is 11.6 Å². The van der Waals surface area contributed by atoms with Crippen LogP contribution in [0.5, 0.6) is 0 Å². The van der Waals surface area contributed by atoms with Gasteiger partial charge in [-0.15, -0.1) is 0 Å². The summed E-state index contributed by atoms with van der Waals surface area (Å²) < 4.78 is 3.05. The highest BCUT2D eigenvalue weighted by Crippen LogP contribution is 2.29. The minimum Gasteiger partial charge on any atom is -0.368 e. The van der Waals surface area contributed by atoms with Gasteiger partial charge in [0.1, 0.15) is 0 Å². The lowest BCUT2D eigenvalue weighted by Crippen LogP contribution is -2.45. The van der Waals surface area contributed by atoms with Crippen LogP contribution in [0.1, 0.15) is 16.7 Å². The number of halogens is 1. The van der Waals surface area contributed by atoms with Gasteiger partial charge in [0, 0.05) is 31.2 Å². The molecule has 1 fully saturated rings. The van der Waals surface area contributed by atoms with E-state index >= 15 is 0 Å². The predicted octanol–water partition coefficient (Wildman–Crippen LogP) is 3.63. The van der Waals surface area contributed by atoms with Gasteiger partial charge in [-0.25, -0.2) is 4.79 Å². The summed E-state index contributed by atoms with van der Waals surface area (Å²) in [4.78, 5) is 29.9. The van der Waals surface area contributed by atoms with E-state index in [0.29, 0.717) is 22.5 Å². The Morgan fingerprint density at radius 1 is 0.882 bits per heavy atom. The van der Waals surface area contributed by atoms with Crippen LogP contribution in [0.2, 0.25) is 5.02 Å². The molecule has 6 nitrogen and oxygen atoms in total. The molecule has 2 heterocycles. The number of anilines is 1. The van der Waals surface area contributed by atoms with Gasteiger partial charge in [0.25, 0.3) is 5.56 Å². The van der Waals surface area contributed by atoms with Crippen molar-refractivity contribution in [3.05, 3.63) is 109 Å². The summed E-state index contributed by atoms with van der Waals surface area (Å²) in [7, 11) is 0. The zero-order valence-electron chi connectivity index (χ0n) is 19.1. The Balaban J connectivity index is 1.79. The fourth-order valence-electron chi connectivity index (χ4n) is 4.65. The highest BCUT2D eigenvalue weighted by atomic mass is 35.5. The van der Waals surface area contributed by atoms with Crippen LogP contribution in [0, 0.1) is 6.92 Å². The molecule has 0 aliphatic carbocycles. The first-order valence-corrected chi connectivity index (χ1v) is 11.9. The smallest absolute Gasteiger partial charge is 0.332 e. The maximum Gasteiger partial charge on any atom is 0.332 e. The third kappa shape index (κ3) is 4.27. The third-order valence-corrected chi connectivity index (χ3v) is 6.72. The monoisotopic (exact) mass is 474 g/mol. The molecule has 0 radical (unpaired) electrons. The van der Waals surface area contributed by atoms with Gasteiger partial charge in [-0.05, 0) is 35.7 Å². The summed E-state index contributed by atoms with van der Waals surface area (Å²) in [5, 5.41) is 4.40. The fraction of sp³-hybridized carbons (Fsp3) is 0.259. The number of hydrogen-bond acceptors (Lipinski definition) is 4. The molecule has 0 amide bonds. The number of nitrogens with zero attached hydrogens (tertiary/aromatic N) is 3. The van der Waals surface area contributed by atoms with Gasteiger partial charge in [-0.1, -0.05) is 66.2 Å². The van der Waals surface area contributed by atoms with Gasteiger partial charge in [0.2, 0.25) is 0 Å². The molecule has 4 aromatic rings. The first kappa shape index (κ1) is 22.4. The highest BCUT2D eigenvalue weighted by Gasteiger charge is 2.22. The third-order valence-electron chi connectivity index (χ3n) is 6.50.